The average molecular weight is 377 g/mol. The summed E-state index contributed by atoms with van der Waals surface area (Å²) in [5.74, 6) is -2.00. The Hall–Kier alpha value is -2.50. The van der Waals surface area contributed by atoms with Crippen molar-refractivity contribution in [2.24, 2.45) is 0 Å². The van der Waals surface area contributed by atoms with Crippen molar-refractivity contribution >= 4 is 52.0 Å². The zero-order valence-corrected chi connectivity index (χ0v) is 15.0. The largest absolute Gasteiger partial charge is 0.502 e. The molecule has 0 bridgehead atoms. The number of rotatable bonds is 3. The highest BCUT2D eigenvalue weighted by Gasteiger charge is 2.40. The molecule has 2 amide bonds. The molecule has 0 aliphatic carbocycles. The number of anilines is 2. The molecule has 0 radical (unpaired) electrons. The van der Waals surface area contributed by atoms with Crippen LogP contribution in [0, 0.1) is 0 Å². The second-order valence-corrected chi connectivity index (χ2v) is 6.52. The Labute approximate surface area is 154 Å². The number of aliphatic hydroxyl groups is 1. The molecule has 25 heavy (non-hydrogen) atoms. The Bertz CT molecular complexity index is 905. The van der Waals surface area contributed by atoms with Gasteiger partial charge in [0.25, 0.3) is 5.91 Å². The van der Waals surface area contributed by atoms with Gasteiger partial charge in [0, 0.05) is 19.8 Å². The number of amides is 2. The molecule has 2 aromatic rings. The lowest BCUT2D eigenvalue weighted by Crippen LogP contribution is -2.31. The third kappa shape index (κ3) is 2.97. The minimum absolute atomic E-state index is 0.0404. The van der Waals surface area contributed by atoms with Gasteiger partial charge >= 0.3 is 5.91 Å². The van der Waals surface area contributed by atoms with Crippen LogP contribution < -0.4 is 9.80 Å². The van der Waals surface area contributed by atoms with Crippen molar-refractivity contribution in [3.05, 3.63) is 63.8 Å². The number of hydrogen-bond acceptors (Lipinski definition) is 4. The quantitative estimate of drug-likeness (QED) is 0.825. The summed E-state index contributed by atoms with van der Waals surface area (Å²) in [6.07, 6.45) is 0. The molecule has 0 saturated heterocycles. The minimum atomic E-state index is -0.796. The highest BCUT2D eigenvalue weighted by Crippen LogP contribution is 2.35. The molecule has 0 unspecified atom stereocenters. The Morgan fingerprint density at radius 1 is 0.920 bits per heavy atom. The van der Waals surface area contributed by atoms with E-state index in [4.69, 9.17) is 23.2 Å². The molecule has 0 atom stereocenters. The maximum absolute atomic E-state index is 12.7. The average Bonchev–Trinajstić information content (AvgIpc) is 2.80. The molecule has 0 saturated carbocycles. The molecule has 7 heteroatoms. The smallest absolute Gasteiger partial charge is 0.301 e. The summed E-state index contributed by atoms with van der Waals surface area (Å²) in [7, 11) is 3.78. The van der Waals surface area contributed by atoms with Crippen LogP contribution in [0.2, 0.25) is 10.0 Å². The first-order valence-electron chi connectivity index (χ1n) is 7.36. The van der Waals surface area contributed by atoms with Gasteiger partial charge in [-0.2, -0.15) is 0 Å². The molecule has 0 aromatic heterocycles. The molecule has 1 aliphatic rings. The fourth-order valence-electron chi connectivity index (χ4n) is 2.56. The van der Waals surface area contributed by atoms with E-state index in [0.717, 1.165) is 10.6 Å². The van der Waals surface area contributed by atoms with Gasteiger partial charge in [-0.3, -0.25) is 9.59 Å². The first-order valence-corrected chi connectivity index (χ1v) is 8.11. The number of aliphatic hydroxyl groups excluding tert-OH is 1. The number of benzene rings is 2. The van der Waals surface area contributed by atoms with E-state index in [0.29, 0.717) is 10.6 Å². The molecule has 1 N–H and O–H groups in total. The van der Waals surface area contributed by atoms with Gasteiger partial charge in [-0.1, -0.05) is 35.3 Å². The van der Waals surface area contributed by atoms with Gasteiger partial charge in [-0.05, 0) is 35.9 Å². The normalized spacial score (nSPS) is 14.5. The summed E-state index contributed by atoms with van der Waals surface area (Å²) in [6, 6.07) is 11.4. The topological polar surface area (TPSA) is 60.9 Å². The highest BCUT2D eigenvalue weighted by atomic mass is 35.5. The minimum Gasteiger partial charge on any atom is -0.502 e. The van der Waals surface area contributed by atoms with E-state index >= 15 is 0 Å². The third-order valence-corrected chi connectivity index (χ3v) is 4.63. The van der Waals surface area contributed by atoms with Crippen molar-refractivity contribution in [2.45, 2.75) is 0 Å². The van der Waals surface area contributed by atoms with Crippen molar-refractivity contribution in [3.8, 4) is 0 Å². The van der Waals surface area contributed by atoms with Crippen molar-refractivity contribution in [3.63, 3.8) is 0 Å². The molecule has 0 spiro atoms. The van der Waals surface area contributed by atoms with Crippen molar-refractivity contribution in [1.82, 2.24) is 0 Å². The van der Waals surface area contributed by atoms with Gasteiger partial charge in [0.15, 0.2) is 5.76 Å². The van der Waals surface area contributed by atoms with E-state index < -0.39 is 17.6 Å². The zero-order valence-electron chi connectivity index (χ0n) is 13.5. The van der Waals surface area contributed by atoms with Crippen molar-refractivity contribution in [2.75, 3.05) is 23.9 Å². The second kappa shape index (κ2) is 6.43. The summed E-state index contributed by atoms with van der Waals surface area (Å²) in [5.41, 5.74) is 1.60. The predicted octanol–water partition coefficient (Wildman–Crippen LogP) is 3.90. The van der Waals surface area contributed by atoms with E-state index in [2.05, 4.69) is 0 Å². The number of carbonyl (C=O) groups excluding carboxylic acids is 2. The van der Waals surface area contributed by atoms with Crippen LogP contribution in [0.3, 0.4) is 0 Å². The molecule has 2 aromatic carbocycles. The predicted molar refractivity (Wildman–Crippen MR) is 99.3 cm³/mol. The zero-order chi connectivity index (χ0) is 18.3. The van der Waals surface area contributed by atoms with Crippen molar-refractivity contribution < 1.29 is 14.7 Å². The molecular formula is C18H14Cl2N2O3. The fourth-order valence-corrected chi connectivity index (χ4v) is 2.86. The summed E-state index contributed by atoms with van der Waals surface area (Å²) < 4.78 is 0. The van der Waals surface area contributed by atoms with E-state index in [1.54, 1.807) is 24.3 Å². The molecule has 0 fully saturated rings. The second-order valence-electron chi connectivity index (χ2n) is 5.71. The number of nitrogens with zero attached hydrogens (tertiary/aromatic N) is 2. The Balaban J connectivity index is 2.00. The van der Waals surface area contributed by atoms with E-state index in [1.165, 1.54) is 18.2 Å². The van der Waals surface area contributed by atoms with Gasteiger partial charge in [-0.15, -0.1) is 0 Å². The monoisotopic (exact) mass is 376 g/mol. The first kappa shape index (κ1) is 17.3. The summed E-state index contributed by atoms with van der Waals surface area (Å²) >= 11 is 11.8. The van der Waals surface area contributed by atoms with E-state index in [-0.39, 0.29) is 16.3 Å². The van der Waals surface area contributed by atoms with E-state index in [1.807, 2.05) is 19.0 Å². The Kier molecular flexibility index (Phi) is 4.45. The van der Waals surface area contributed by atoms with Crippen LogP contribution in [0.4, 0.5) is 11.4 Å². The van der Waals surface area contributed by atoms with Gasteiger partial charge in [0.1, 0.15) is 0 Å². The van der Waals surface area contributed by atoms with Crippen LogP contribution in [-0.4, -0.2) is 31.0 Å². The maximum Gasteiger partial charge on any atom is 0.301 e. The Morgan fingerprint density at radius 2 is 1.56 bits per heavy atom. The van der Waals surface area contributed by atoms with Crippen LogP contribution >= 0.6 is 23.2 Å². The summed E-state index contributed by atoms with van der Waals surface area (Å²) in [4.78, 5) is 27.9. The standard InChI is InChI=1S/C18H14Cl2N2O3/c1-21(2)11-5-3-10(4-6-11)15-16(23)18(25)22(17(15)24)12-7-8-13(19)14(20)9-12/h3-9,23H,1-2H3. The molecule has 3 rings (SSSR count). The van der Waals surface area contributed by atoms with Crippen LogP contribution in [0.1, 0.15) is 5.56 Å². The van der Waals surface area contributed by atoms with Gasteiger partial charge in [0.2, 0.25) is 0 Å². The molecule has 1 aliphatic heterocycles. The van der Waals surface area contributed by atoms with Crippen molar-refractivity contribution in [1.29, 1.82) is 0 Å². The highest BCUT2D eigenvalue weighted by molar-refractivity contribution is 6.46. The van der Waals surface area contributed by atoms with E-state index in [9.17, 15) is 14.7 Å². The van der Waals surface area contributed by atoms with Gasteiger partial charge < -0.3 is 10.0 Å². The fraction of sp³-hybridized carbons (Fsp3) is 0.111. The SMILES string of the molecule is CN(C)c1ccc(C2=C(O)C(=O)N(c3ccc(Cl)c(Cl)c3)C2=O)cc1. The van der Waals surface area contributed by atoms with Gasteiger partial charge in [0.05, 0.1) is 21.3 Å². The molecule has 128 valence electrons. The van der Waals surface area contributed by atoms with Crippen LogP contribution in [0.15, 0.2) is 48.2 Å². The molecular weight excluding hydrogens is 363 g/mol. The lowest BCUT2D eigenvalue weighted by molar-refractivity contribution is -0.121. The molecule has 1 heterocycles. The van der Waals surface area contributed by atoms with Crippen LogP contribution in [0.25, 0.3) is 5.57 Å². The number of carbonyl (C=O) groups is 2. The van der Waals surface area contributed by atoms with Gasteiger partial charge in [-0.25, -0.2) is 4.90 Å². The lowest BCUT2D eigenvalue weighted by Gasteiger charge is -2.15. The number of halogens is 2. The lowest BCUT2D eigenvalue weighted by atomic mass is 10.0. The summed E-state index contributed by atoms with van der Waals surface area (Å²) in [5, 5.41) is 10.7. The number of hydrogen-bond donors (Lipinski definition) is 1. The summed E-state index contributed by atoms with van der Waals surface area (Å²) in [6.45, 7) is 0. The first-order chi connectivity index (χ1) is 11.8. The third-order valence-electron chi connectivity index (χ3n) is 3.89. The van der Waals surface area contributed by atoms with Crippen LogP contribution in [-0.2, 0) is 9.59 Å². The van der Waals surface area contributed by atoms with Crippen LogP contribution in [0.5, 0.6) is 0 Å². The Morgan fingerprint density at radius 3 is 2.12 bits per heavy atom. The number of imide groups is 1. The molecule has 5 nitrogen and oxygen atoms in total. The maximum atomic E-state index is 12.7.